The SMILES string of the molecule is COc1cccc(CC2(OC(=O)N[C@@H](CC(C)C)C(=O)N[C@H](CO)C[C@@H]3CCNC3=O)CC2)c1. The quantitative estimate of drug-likeness (QED) is 0.366. The average Bonchev–Trinajstić information content (AvgIpc) is 3.42. The standard InChI is InChI=1S/C25H37N3O6/c1-16(2)11-21(23(31)27-19(15-29)13-18-7-10-26-22(18)30)28-24(32)34-25(8-9-25)14-17-5-4-6-20(12-17)33-3/h4-6,12,16,18-19,21,29H,7-11,13-15H2,1-3H3,(H,26,30)(H,27,31)(H,28,32)/t18-,19-,21-/m0/s1. The molecule has 1 saturated carbocycles. The van der Waals surface area contributed by atoms with Crippen molar-refractivity contribution in [2.45, 2.75) is 70.1 Å². The lowest BCUT2D eigenvalue weighted by atomic mass is 9.97. The fraction of sp³-hybridized carbons (Fsp3) is 0.640. The van der Waals surface area contributed by atoms with E-state index in [1.54, 1.807) is 7.11 Å². The highest BCUT2D eigenvalue weighted by atomic mass is 16.6. The monoisotopic (exact) mass is 475 g/mol. The fourth-order valence-corrected chi connectivity index (χ4v) is 4.37. The van der Waals surface area contributed by atoms with Gasteiger partial charge in [0.05, 0.1) is 19.8 Å². The Balaban J connectivity index is 1.57. The molecule has 2 aliphatic rings. The van der Waals surface area contributed by atoms with Crippen molar-refractivity contribution >= 4 is 17.9 Å². The third-order valence-corrected chi connectivity index (χ3v) is 6.39. The Bertz CT molecular complexity index is 870. The molecule has 4 N–H and O–H groups in total. The number of hydrogen-bond acceptors (Lipinski definition) is 6. The smallest absolute Gasteiger partial charge is 0.408 e. The molecule has 0 radical (unpaired) electrons. The predicted octanol–water partition coefficient (Wildman–Crippen LogP) is 1.91. The van der Waals surface area contributed by atoms with Gasteiger partial charge in [-0.1, -0.05) is 26.0 Å². The molecule has 3 rings (SSSR count). The molecule has 1 heterocycles. The van der Waals surface area contributed by atoms with E-state index in [1.807, 2.05) is 38.1 Å². The first kappa shape index (κ1) is 25.8. The second-order valence-corrected chi connectivity index (χ2v) is 9.83. The molecule has 34 heavy (non-hydrogen) atoms. The van der Waals surface area contributed by atoms with Crippen LogP contribution in [0.4, 0.5) is 4.79 Å². The van der Waals surface area contributed by atoms with Crippen LogP contribution in [-0.4, -0.2) is 61.0 Å². The maximum atomic E-state index is 13.0. The number of nitrogens with one attached hydrogen (secondary N) is 3. The molecule has 2 fully saturated rings. The molecule has 0 unspecified atom stereocenters. The fourth-order valence-electron chi connectivity index (χ4n) is 4.37. The van der Waals surface area contributed by atoms with Crippen LogP contribution in [0.2, 0.25) is 0 Å². The number of amides is 3. The zero-order valence-corrected chi connectivity index (χ0v) is 20.3. The van der Waals surface area contributed by atoms with Gasteiger partial charge in [0.25, 0.3) is 0 Å². The van der Waals surface area contributed by atoms with Gasteiger partial charge in [-0.05, 0) is 55.7 Å². The molecule has 0 aromatic heterocycles. The third kappa shape index (κ3) is 7.35. The van der Waals surface area contributed by atoms with Crippen molar-refractivity contribution < 1.29 is 29.0 Å². The average molecular weight is 476 g/mol. The Morgan fingerprint density at radius 1 is 1.26 bits per heavy atom. The zero-order chi connectivity index (χ0) is 24.7. The molecule has 1 aliphatic heterocycles. The number of carbonyl (C=O) groups is 3. The highest BCUT2D eigenvalue weighted by Crippen LogP contribution is 2.43. The first-order valence-electron chi connectivity index (χ1n) is 12.0. The molecular formula is C25H37N3O6. The van der Waals surface area contributed by atoms with Crippen LogP contribution in [0.25, 0.3) is 0 Å². The van der Waals surface area contributed by atoms with E-state index in [0.717, 1.165) is 24.2 Å². The topological polar surface area (TPSA) is 126 Å². The van der Waals surface area contributed by atoms with E-state index in [0.29, 0.717) is 32.2 Å². The number of carbonyl (C=O) groups excluding carboxylic acids is 3. The first-order valence-corrected chi connectivity index (χ1v) is 12.0. The number of hydrogen-bond donors (Lipinski definition) is 4. The van der Waals surface area contributed by atoms with Crippen molar-refractivity contribution in [3.05, 3.63) is 29.8 Å². The number of ether oxygens (including phenoxy) is 2. The summed E-state index contributed by atoms with van der Waals surface area (Å²) in [5, 5.41) is 18.0. The van der Waals surface area contributed by atoms with E-state index in [-0.39, 0.29) is 30.3 Å². The molecule has 3 atom stereocenters. The number of alkyl carbamates (subject to hydrolysis) is 1. The van der Waals surface area contributed by atoms with Crippen molar-refractivity contribution in [3.8, 4) is 5.75 Å². The van der Waals surface area contributed by atoms with Gasteiger partial charge in [0, 0.05) is 18.9 Å². The van der Waals surface area contributed by atoms with E-state index in [9.17, 15) is 19.5 Å². The highest BCUT2D eigenvalue weighted by molar-refractivity contribution is 5.86. The summed E-state index contributed by atoms with van der Waals surface area (Å²) in [6.45, 7) is 4.25. The summed E-state index contributed by atoms with van der Waals surface area (Å²) in [7, 11) is 1.61. The van der Waals surface area contributed by atoms with Crippen LogP contribution < -0.4 is 20.7 Å². The van der Waals surface area contributed by atoms with E-state index in [4.69, 9.17) is 9.47 Å². The molecule has 1 aliphatic carbocycles. The molecule has 188 valence electrons. The molecule has 1 aromatic carbocycles. The lowest BCUT2D eigenvalue weighted by molar-refractivity contribution is -0.126. The van der Waals surface area contributed by atoms with Gasteiger partial charge in [0.1, 0.15) is 17.4 Å². The normalized spacial score (nSPS) is 20.3. The van der Waals surface area contributed by atoms with Gasteiger partial charge in [-0.2, -0.15) is 0 Å². The van der Waals surface area contributed by atoms with Crippen LogP contribution >= 0.6 is 0 Å². The Morgan fingerprint density at radius 3 is 2.62 bits per heavy atom. The van der Waals surface area contributed by atoms with Crippen molar-refractivity contribution in [2.24, 2.45) is 11.8 Å². The Morgan fingerprint density at radius 2 is 2.03 bits per heavy atom. The molecule has 9 heteroatoms. The van der Waals surface area contributed by atoms with Crippen LogP contribution in [0, 0.1) is 11.8 Å². The van der Waals surface area contributed by atoms with Crippen LogP contribution in [0.3, 0.4) is 0 Å². The summed E-state index contributed by atoms with van der Waals surface area (Å²) in [6.07, 6.45) is 2.93. The van der Waals surface area contributed by atoms with Gasteiger partial charge in [0.15, 0.2) is 0 Å². The van der Waals surface area contributed by atoms with Gasteiger partial charge in [-0.25, -0.2) is 4.79 Å². The lowest BCUT2D eigenvalue weighted by Gasteiger charge is -2.25. The lowest BCUT2D eigenvalue weighted by Crippen LogP contribution is -2.52. The summed E-state index contributed by atoms with van der Waals surface area (Å²) in [5.74, 6) is 0.223. The van der Waals surface area contributed by atoms with Crippen molar-refractivity contribution in [1.82, 2.24) is 16.0 Å². The second kappa shape index (κ2) is 11.6. The zero-order valence-electron chi connectivity index (χ0n) is 20.3. The molecule has 3 amide bonds. The number of aliphatic hydroxyl groups is 1. The number of methoxy groups -OCH3 is 1. The van der Waals surface area contributed by atoms with Gasteiger partial charge in [-0.3, -0.25) is 9.59 Å². The molecule has 1 saturated heterocycles. The third-order valence-electron chi connectivity index (χ3n) is 6.39. The highest BCUT2D eigenvalue weighted by Gasteiger charge is 2.47. The number of benzene rings is 1. The van der Waals surface area contributed by atoms with Crippen molar-refractivity contribution in [3.63, 3.8) is 0 Å². The minimum atomic E-state index is -0.799. The second-order valence-electron chi connectivity index (χ2n) is 9.83. The molecule has 1 aromatic rings. The van der Waals surface area contributed by atoms with Crippen LogP contribution in [0.1, 0.15) is 51.5 Å². The summed E-state index contributed by atoms with van der Waals surface area (Å²) < 4.78 is 11.0. The molecule has 9 nitrogen and oxygen atoms in total. The Hall–Kier alpha value is -2.81. The minimum absolute atomic E-state index is 0.0566. The van der Waals surface area contributed by atoms with Gasteiger partial charge >= 0.3 is 6.09 Å². The molecule has 0 spiro atoms. The van der Waals surface area contributed by atoms with E-state index in [2.05, 4.69) is 16.0 Å². The maximum absolute atomic E-state index is 13.0. The van der Waals surface area contributed by atoms with E-state index < -0.39 is 23.8 Å². The van der Waals surface area contributed by atoms with Crippen molar-refractivity contribution in [1.29, 1.82) is 0 Å². The van der Waals surface area contributed by atoms with Crippen molar-refractivity contribution in [2.75, 3.05) is 20.3 Å². The summed E-state index contributed by atoms with van der Waals surface area (Å²) in [4.78, 5) is 37.6. The van der Waals surface area contributed by atoms with Gasteiger partial charge in [-0.15, -0.1) is 0 Å². The number of aliphatic hydroxyl groups excluding tert-OH is 1. The summed E-state index contributed by atoms with van der Waals surface area (Å²) >= 11 is 0. The largest absolute Gasteiger partial charge is 0.497 e. The van der Waals surface area contributed by atoms with Crippen LogP contribution in [0.15, 0.2) is 24.3 Å². The van der Waals surface area contributed by atoms with E-state index in [1.165, 1.54) is 0 Å². The maximum Gasteiger partial charge on any atom is 0.408 e. The van der Waals surface area contributed by atoms with E-state index >= 15 is 0 Å². The van der Waals surface area contributed by atoms with Gasteiger partial charge in [0.2, 0.25) is 11.8 Å². The Labute approximate surface area is 201 Å². The molecular weight excluding hydrogens is 438 g/mol. The number of rotatable bonds is 12. The minimum Gasteiger partial charge on any atom is -0.497 e. The predicted molar refractivity (Wildman–Crippen MR) is 126 cm³/mol. The van der Waals surface area contributed by atoms with Gasteiger partial charge < -0.3 is 30.5 Å². The summed E-state index contributed by atoms with van der Waals surface area (Å²) in [5.41, 5.74) is 0.446. The van der Waals surface area contributed by atoms with Crippen LogP contribution in [0.5, 0.6) is 5.75 Å². The van der Waals surface area contributed by atoms with Crippen LogP contribution in [-0.2, 0) is 20.7 Å². The first-order chi connectivity index (χ1) is 16.2. The molecule has 0 bridgehead atoms. The Kier molecular flexibility index (Phi) is 8.77. The summed E-state index contributed by atoms with van der Waals surface area (Å²) in [6, 6.07) is 6.31.